The third kappa shape index (κ3) is 3.44. The lowest BCUT2D eigenvalue weighted by molar-refractivity contribution is 0.268. The number of benzene rings is 1. The highest BCUT2D eigenvalue weighted by Crippen LogP contribution is 2.31. The largest absolute Gasteiger partial charge is 0.328 e. The zero-order valence-corrected chi connectivity index (χ0v) is 15.2. The van der Waals surface area contributed by atoms with Crippen LogP contribution in [0.3, 0.4) is 0 Å². The molecule has 1 saturated carbocycles. The summed E-state index contributed by atoms with van der Waals surface area (Å²) in [5, 5.41) is 0. The number of hydrogen-bond acceptors (Lipinski definition) is 3. The van der Waals surface area contributed by atoms with Crippen LogP contribution in [0.15, 0.2) is 32.0 Å². The lowest BCUT2D eigenvalue weighted by Gasteiger charge is -2.32. The molecule has 1 fully saturated rings. The maximum atomic E-state index is 12.7. The summed E-state index contributed by atoms with van der Waals surface area (Å²) in [5.41, 5.74) is 5.88. The molecule has 2 rings (SSSR count). The van der Waals surface area contributed by atoms with Gasteiger partial charge < -0.3 is 5.73 Å². The van der Waals surface area contributed by atoms with E-state index < -0.39 is 10.0 Å². The van der Waals surface area contributed by atoms with Crippen LogP contribution in [0.4, 0.5) is 0 Å². The number of sulfonamides is 1. The van der Waals surface area contributed by atoms with Crippen LogP contribution in [0, 0.1) is 0 Å². The van der Waals surface area contributed by atoms with Crippen molar-refractivity contribution in [2.45, 2.75) is 42.7 Å². The first-order valence-corrected chi connectivity index (χ1v) is 9.53. The van der Waals surface area contributed by atoms with E-state index in [1.165, 1.54) is 4.31 Å². The second-order valence-corrected chi connectivity index (χ2v) is 8.90. The van der Waals surface area contributed by atoms with Gasteiger partial charge in [-0.25, -0.2) is 8.42 Å². The summed E-state index contributed by atoms with van der Waals surface area (Å²) in [4.78, 5) is 0.296. The van der Waals surface area contributed by atoms with Crippen molar-refractivity contribution < 1.29 is 8.42 Å². The summed E-state index contributed by atoms with van der Waals surface area (Å²) in [7, 11) is -1.84. The van der Waals surface area contributed by atoms with Gasteiger partial charge in [0, 0.05) is 28.1 Å². The maximum Gasteiger partial charge on any atom is 0.244 e. The fourth-order valence-electron chi connectivity index (χ4n) is 2.49. The molecule has 0 atom stereocenters. The molecule has 1 aromatic rings. The van der Waals surface area contributed by atoms with Crippen LogP contribution in [0.5, 0.6) is 0 Å². The molecule has 0 heterocycles. The summed E-state index contributed by atoms with van der Waals surface area (Å²) >= 11 is 6.64. The summed E-state index contributed by atoms with van der Waals surface area (Å²) < 4.78 is 28.3. The van der Waals surface area contributed by atoms with Crippen molar-refractivity contribution in [3.8, 4) is 0 Å². The van der Waals surface area contributed by atoms with Crippen molar-refractivity contribution in [2.24, 2.45) is 5.73 Å². The van der Waals surface area contributed by atoms with E-state index in [0.29, 0.717) is 9.37 Å². The Hall–Kier alpha value is 0.0500. The minimum Gasteiger partial charge on any atom is -0.328 e. The molecule has 0 radical (unpaired) electrons. The molecule has 0 unspecified atom stereocenters. The van der Waals surface area contributed by atoms with Crippen molar-refractivity contribution in [3.63, 3.8) is 0 Å². The fraction of sp³-hybridized carbons (Fsp3) is 0.538. The van der Waals surface area contributed by atoms with Crippen LogP contribution in [0.2, 0.25) is 0 Å². The van der Waals surface area contributed by atoms with Crippen LogP contribution in [0.25, 0.3) is 0 Å². The molecule has 0 spiro atoms. The van der Waals surface area contributed by atoms with E-state index in [-0.39, 0.29) is 12.1 Å². The number of nitrogens with two attached hydrogens (primary N) is 1. The van der Waals surface area contributed by atoms with E-state index in [0.717, 1.165) is 30.2 Å². The summed E-state index contributed by atoms with van der Waals surface area (Å²) in [6, 6.07) is 5.42. The minimum atomic E-state index is -3.49. The molecule has 0 amide bonds. The Bertz CT molecular complexity index is 584. The average Bonchev–Trinajstić information content (AvgIpc) is 2.41. The van der Waals surface area contributed by atoms with Gasteiger partial charge in [0.25, 0.3) is 0 Å². The molecule has 1 aliphatic carbocycles. The first-order valence-electron chi connectivity index (χ1n) is 6.51. The zero-order chi connectivity index (χ0) is 14.9. The predicted molar refractivity (Wildman–Crippen MR) is 87.0 cm³/mol. The normalized spacial score (nSPS) is 24.1. The monoisotopic (exact) mass is 424 g/mol. The van der Waals surface area contributed by atoms with E-state index in [4.69, 9.17) is 5.73 Å². The highest BCUT2D eigenvalue weighted by atomic mass is 79.9. The highest BCUT2D eigenvalue weighted by Gasteiger charge is 2.31. The SMILES string of the molecule is CN(C1CCC(N)CC1)S(=O)(=O)c1cc(Br)ccc1Br. The van der Waals surface area contributed by atoms with Crippen molar-refractivity contribution in [3.05, 3.63) is 27.1 Å². The van der Waals surface area contributed by atoms with E-state index in [2.05, 4.69) is 31.9 Å². The Balaban J connectivity index is 2.27. The van der Waals surface area contributed by atoms with Crippen LogP contribution < -0.4 is 5.73 Å². The smallest absolute Gasteiger partial charge is 0.244 e. The van der Waals surface area contributed by atoms with Gasteiger partial charge in [-0.2, -0.15) is 4.31 Å². The van der Waals surface area contributed by atoms with E-state index in [9.17, 15) is 8.42 Å². The van der Waals surface area contributed by atoms with E-state index in [1.54, 1.807) is 19.2 Å². The van der Waals surface area contributed by atoms with Gasteiger partial charge in [0.05, 0.1) is 4.90 Å². The third-order valence-corrected chi connectivity index (χ3v) is 7.20. The lowest BCUT2D eigenvalue weighted by atomic mass is 9.92. The molecule has 1 aliphatic rings. The fourth-order valence-corrected chi connectivity index (χ4v) is 5.37. The van der Waals surface area contributed by atoms with Gasteiger partial charge in [-0.05, 0) is 59.8 Å². The summed E-state index contributed by atoms with van der Waals surface area (Å²) in [5.74, 6) is 0. The molecule has 0 saturated heterocycles. The second-order valence-electron chi connectivity index (χ2n) is 5.16. The van der Waals surface area contributed by atoms with E-state index in [1.807, 2.05) is 6.07 Å². The molecule has 1 aromatic carbocycles. The number of rotatable bonds is 3. The van der Waals surface area contributed by atoms with Crippen LogP contribution >= 0.6 is 31.9 Å². The maximum absolute atomic E-state index is 12.7. The van der Waals surface area contributed by atoms with Crippen molar-refractivity contribution >= 4 is 41.9 Å². The van der Waals surface area contributed by atoms with Crippen molar-refractivity contribution in [1.82, 2.24) is 4.31 Å². The van der Waals surface area contributed by atoms with Gasteiger partial charge in [0.1, 0.15) is 0 Å². The third-order valence-electron chi connectivity index (χ3n) is 3.81. The standard InChI is InChI=1S/C13H18Br2N2O2S/c1-17(11-5-3-10(16)4-6-11)20(18,19)13-8-9(14)2-7-12(13)15/h2,7-8,10-11H,3-6,16H2,1H3. The first-order chi connectivity index (χ1) is 9.32. The number of halogens is 2. The Morgan fingerprint density at radius 3 is 2.40 bits per heavy atom. The summed E-state index contributed by atoms with van der Waals surface area (Å²) in [6.45, 7) is 0. The predicted octanol–water partition coefficient (Wildman–Crippen LogP) is 3.10. The lowest BCUT2D eigenvalue weighted by Crippen LogP contribution is -2.41. The van der Waals surface area contributed by atoms with Gasteiger partial charge in [-0.3, -0.25) is 0 Å². The molecule has 0 aliphatic heterocycles. The molecule has 7 heteroatoms. The quantitative estimate of drug-likeness (QED) is 0.809. The van der Waals surface area contributed by atoms with Crippen molar-refractivity contribution in [2.75, 3.05) is 7.05 Å². The topological polar surface area (TPSA) is 63.4 Å². The summed E-state index contributed by atoms with van der Waals surface area (Å²) in [6.07, 6.45) is 3.40. The number of nitrogens with zero attached hydrogens (tertiary/aromatic N) is 1. The minimum absolute atomic E-state index is 0.0330. The Kier molecular flexibility index (Phi) is 5.29. The zero-order valence-electron chi connectivity index (χ0n) is 11.2. The Labute approximate surface area is 137 Å². The molecule has 0 bridgehead atoms. The van der Waals surface area contributed by atoms with Gasteiger partial charge >= 0.3 is 0 Å². The second kappa shape index (κ2) is 6.44. The van der Waals surface area contributed by atoms with Crippen molar-refractivity contribution in [1.29, 1.82) is 0 Å². The Morgan fingerprint density at radius 1 is 1.20 bits per heavy atom. The molecule has 20 heavy (non-hydrogen) atoms. The average molecular weight is 426 g/mol. The van der Waals surface area contributed by atoms with Gasteiger partial charge in [-0.15, -0.1) is 0 Å². The number of hydrogen-bond donors (Lipinski definition) is 1. The van der Waals surface area contributed by atoms with Gasteiger partial charge in [0.2, 0.25) is 10.0 Å². The Morgan fingerprint density at radius 2 is 1.80 bits per heavy atom. The van der Waals surface area contributed by atoms with E-state index >= 15 is 0 Å². The molecule has 112 valence electrons. The van der Waals surface area contributed by atoms with Gasteiger partial charge in [0.15, 0.2) is 0 Å². The van der Waals surface area contributed by atoms with Crippen LogP contribution in [-0.4, -0.2) is 31.9 Å². The molecule has 0 aromatic heterocycles. The molecular formula is C13H18Br2N2O2S. The highest BCUT2D eigenvalue weighted by molar-refractivity contribution is 9.11. The molecule has 4 nitrogen and oxygen atoms in total. The molecule has 2 N–H and O–H groups in total. The molecular weight excluding hydrogens is 408 g/mol. The van der Waals surface area contributed by atoms with Crippen LogP contribution in [-0.2, 0) is 10.0 Å². The first kappa shape index (κ1) is 16.4. The van der Waals surface area contributed by atoms with Gasteiger partial charge in [-0.1, -0.05) is 15.9 Å². The van der Waals surface area contributed by atoms with Crippen LogP contribution in [0.1, 0.15) is 25.7 Å².